The molecule has 2 bridgehead atoms. The molecule has 1 aromatic carbocycles. The molecule has 2 aromatic rings. The normalized spacial score (nSPS) is 23.2. The Kier molecular flexibility index (Phi) is 4.58. The van der Waals surface area contributed by atoms with Crippen molar-refractivity contribution in [1.29, 1.82) is 0 Å². The van der Waals surface area contributed by atoms with Crippen LogP contribution in [0.25, 0.3) is 5.69 Å². The third kappa shape index (κ3) is 2.94. The van der Waals surface area contributed by atoms with E-state index in [9.17, 15) is 4.79 Å². The topological polar surface area (TPSA) is 75.9 Å². The molecule has 122 valence electrons. The second-order valence-electron chi connectivity index (χ2n) is 5.89. The van der Waals surface area contributed by atoms with Crippen LogP contribution in [0.4, 0.5) is 0 Å². The minimum Gasteiger partial charge on any atom is -0.331 e. The highest BCUT2D eigenvalue weighted by molar-refractivity contribution is 5.95. The van der Waals surface area contributed by atoms with Gasteiger partial charge in [0.25, 0.3) is 5.91 Å². The van der Waals surface area contributed by atoms with Gasteiger partial charge in [-0.2, -0.15) is 0 Å². The molecule has 2 aliphatic rings. The van der Waals surface area contributed by atoms with E-state index < -0.39 is 0 Å². The molecular weight excluding hydrogens is 316 g/mol. The molecule has 4 rings (SSSR count). The van der Waals surface area contributed by atoms with Gasteiger partial charge in [0.15, 0.2) is 0 Å². The summed E-state index contributed by atoms with van der Waals surface area (Å²) in [7, 11) is 0. The lowest BCUT2D eigenvalue weighted by atomic mass is 10.1. The smallest absolute Gasteiger partial charge is 0.254 e. The summed E-state index contributed by atoms with van der Waals surface area (Å²) in [5, 5.41) is 14.6. The van der Waals surface area contributed by atoms with Crippen molar-refractivity contribution in [2.75, 3.05) is 13.1 Å². The first-order valence-corrected chi connectivity index (χ1v) is 7.70. The molecule has 1 amide bonds. The molecule has 2 unspecified atom stereocenters. The number of benzene rings is 1. The Morgan fingerprint density at radius 2 is 2.09 bits per heavy atom. The number of halogens is 1. The molecule has 2 atom stereocenters. The zero-order valence-electron chi connectivity index (χ0n) is 12.6. The molecule has 0 saturated carbocycles. The molecule has 2 fully saturated rings. The highest BCUT2D eigenvalue weighted by atomic mass is 35.5. The fourth-order valence-corrected chi connectivity index (χ4v) is 3.52. The van der Waals surface area contributed by atoms with Crippen LogP contribution in [0.1, 0.15) is 29.6 Å². The van der Waals surface area contributed by atoms with Gasteiger partial charge in [-0.3, -0.25) is 4.79 Å². The lowest BCUT2D eigenvalue weighted by Gasteiger charge is -2.28. The summed E-state index contributed by atoms with van der Waals surface area (Å²) < 4.78 is 1.56. The number of tetrazole rings is 1. The van der Waals surface area contributed by atoms with Crippen LogP contribution in [0.3, 0.4) is 0 Å². The van der Waals surface area contributed by atoms with E-state index in [0.717, 1.165) is 38.0 Å². The predicted octanol–water partition coefficient (Wildman–Crippen LogP) is 1.05. The van der Waals surface area contributed by atoms with Gasteiger partial charge in [-0.15, -0.1) is 17.5 Å². The molecule has 8 heteroatoms. The maximum absolute atomic E-state index is 13.0. The first-order chi connectivity index (χ1) is 10.8. The van der Waals surface area contributed by atoms with Crippen molar-refractivity contribution >= 4 is 18.3 Å². The number of rotatable bonds is 2. The summed E-state index contributed by atoms with van der Waals surface area (Å²) in [4.78, 5) is 15.1. The number of carbonyl (C=O) groups is 1. The molecule has 0 spiro atoms. The molecule has 7 nitrogen and oxygen atoms in total. The average Bonchev–Trinajstić information content (AvgIpc) is 3.14. The Bertz CT molecular complexity index is 662. The van der Waals surface area contributed by atoms with Gasteiger partial charge >= 0.3 is 0 Å². The molecule has 1 aromatic heterocycles. The third-order valence-corrected chi connectivity index (χ3v) is 4.60. The maximum atomic E-state index is 13.0. The van der Waals surface area contributed by atoms with Crippen LogP contribution in [0.5, 0.6) is 0 Å². The zero-order valence-corrected chi connectivity index (χ0v) is 13.4. The van der Waals surface area contributed by atoms with Gasteiger partial charge in [-0.05, 0) is 54.4 Å². The standard InChI is InChI=1S/C15H18N6O.ClH/c22-15(21-12-4-5-14(21)9-16-7-6-12)11-2-1-3-13(8-11)20-10-17-18-19-20;/h1-3,8,10,12,14,16H,4-7,9H2;1H. The quantitative estimate of drug-likeness (QED) is 0.888. The molecule has 3 heterocycles. The van der Waals surface area contributed by atoms with Crippen molar-refractivity contribution in [2.24, 2.45) is 0 Å². The van der Waals surface area contributed by atoms with Gasteiger partial charge < -0.3 is 10.2 Å². The summed E-state index contributed by atoms with van der Waals surface area (Å²) in [6.45, 7) is 1.89. The Hall–Kier alpha value is -1.99. The SMILES string of the molecule is Cl.O=C(c1cccc(-n2cnnn2)c1)N1C2CCNCC1CC2. The largest absolute Gasteiger partial charge is 0.331 e. The number of hydrogen-bond acceptors (Lipinski definition) is 5. The average molecular weight is 335 g/mol. The fourth-order valence-electron chi connectivity index (χ4n) is 3.52. The van der Waals surface area contributed by atoms with Crippen molar-refractivity contribution in [1.82, 2.24) is 30.4 Å². The molecule has 2 saturated heterocycles. The maximum Gasteiger partial charge on any atom is 0.254 e. The molecule has 0 aliphatic carbocycles. The number of amides is 1. The Morgan fingerprint density at radius 3 is 2.91 bits per heavy atom. The minimum atomic E-state index is 0. The van der Waals surface area contributed by atoms with Crippen LogP contribution in [0, 0.1) is 0 Å². The van der Waals surface area contributed by atoms with Crippen LogP contribution in [0.15, 0.2) is 30.6 Å². The molecule has 2 aliphatic heterocycles. The van der Waals surface area contributed by atoms with Crippen molar-refractivity contribution < 1.29 is 4.79 Å². The number of carbonyl (C=O) groups excluding carboxylic acids is 1. The van der Waals surface area contributed by atoms with Gasteiger partial charge in [0, 0.05) is 24.2 Å². The third-order valence-electron chi connectivity index (χ3n) is 4.60. The van der Waals surface area contributed by atoms with E-state index in [2.05, 4.69) is 25.7 Å². The minimum absolute atomic E-state index is 0. The summed E-state index contributed by atoms with van der Waals surface area (Å²) in [6, 6.07) is 8.18. The highest BCUT2D eigenvalue weighted by Crippen LogP contribution is 2.29. The second-order valence-corrected chi connectivity index (χ2v) is 5.89. The van der Waals surface area contributed by atoms with Crippen LogP contribution in [-0.4, -0.2) is 56.2 Å². The molecule has 23 heavy (non-hydrogen) atoms. The number of hydrogen-bond donors (Lipinski definition) is 1. The van der Waals surface area contributed by atoms with Gasteiger partial charge in [0.2, 0.25) is 0 Å². The van der Waals surface area contributed by atoms with Gasteiger partial charge in [0.05, 0.1) is 5.69 Å². The van der Waals surface area contributed by atoms with E-state index in [4.69, 9.17) is 0 Å². The van der Waals surface area contributed by atoms with Gasteiger partial charge in [-0.25, -0.2) is 4.68 Å². The Balaban J connectivity index is 0.00000156. The second kappa shape index (κ2) is 6.64. The van der Waals surface area contributed by atoms with Gasteiger partial charge in [0.1, 0.15) is 6.33 Å². The number of fused-ring (bicyclic) bond motifs is 2. The van der Waals surface area contributed by atoms with E-state index in [1.165, 1.54) is 6.33 Å². The first-order valence-electron chi connectivity index (χ1n) is 7.70. The molecule has 0 radical (unpaired) electrons. The summed E-state index contributed by atoms with van der Waals surface area (Å²) in [5.41, 5.74) is 1.50. The summed E-state index contributed by atoms with van der Waals surface area (Å²) in [5.74, 6) is 0.117. The van der Waals surface area contributed by atoms with Crippen LogP contribution < -0.4 is 5.32 Å². The van der Waals surface area contributed by atoms with E-state index in [0.29, 0.717) is 17.6 Å². The van der Waals surface area contributed by atoms with Crippen LogP contribution in [-0.2, 0) is 0 Å². The lowest BCUT2D eigenvalue weighted by Crippen LogP contribution is -2.42. The van der Waals surface area contributed by atoms with Crippen molar-refractivity contribution in [3.8, 4) is 5.69 Å². The number of nitrogens with zero attached hydrogens (tertiary/aromatic N) is 5. The zero-order chi connectivity index (χ0) is 14.9. The fraction of sp³-hybridized carbons (Fsp3) is 0.467. The van der Waals surface area contributed by atoms with E-state index in [1.54, 1.807) is 4.68 Å². The van der Waals surface area contributed by atoms with Crippen molar-refractivity contribution in [3.63, 3.8) is 0 Å². The van der Waals surface area contributed by atoms with E-state index in [1.807, 2.05) is 24.3 Å². The molecule has 1 N–H and O–H groups in total. The van der Waals surface area contributed by atoms with Crippen LogP contribution >= 0.6 is 12.4 Å². The molecular formula is C15H19ClN6O. The van der Waals surface area contributed by atoms with E-state index >= 15 is 0 Å². The predicted molar refractivity (Wildman–Crippen MR) is 86.9 cm³/mol. The number of aromatic nitrogens is 4. The summed E-state index contributed by atoms with van der Waals surface area (Å²) >= 11 is 0. The number of nitrogens with one attached hydrogen (secondary N) is 1. The summed E-state index contributed by atoms with van der Waals surface area (Å²) in [6.07, 6.45) is 4.78. The monoisotopic (exact) mass is 334 g/mol. The Labute approximate surface area is 140 Å². The van der Waals surface area contributed by atoms with Crippen molar-refractivity contribution in [2.45, 2.75) is 31.3 Å². The highest BCUT2D eigenvalue weighted by Gasteiger charge is 2.38. The first kappa shape index (κ1) is 15.9. The van der Waals surface area contributed by atoms with Gasteiger partial charge in [-0.1, -0.05) is 6.07 Å². The lowest BCUT2D eigenvalue weighted by molar-refractivity contribution is 0.0680. The van der Waals surface area contributed by atoms with Crippen molar-refractivity contribution in [3.05, 3.63) is 36.2 Å². The van der Waals surface area contributed by atoms with E-state index in [-0.39, 0.29) is 18.3 Å². The Morgan fingerprint density at radius 1 is 1.22 bits per heavy atom. The van der Waals surface area contributed by atoms with Crippen LogP contribution in [0.2, 0.25) is 0 Å².